The number of benzene rings is 2. The minimum atomic E-state index is 0.0396. The normalized spacial score (nSPS) is 14.6. The number of amides is 1. The third kappa shape index (κ3) is 5.23. The summed E-state index contributed by atoms with van der Waals surface area (Å²) in [5.41, 5.74) is 4.05. The van der Waals surface area contributed by atoms with Gasteiger partial charge in [-0.05, 0) is 48.4 Å². The zero-order valence-corrected chi connectivity index (χ0v) is 16.6. The van der Waals surface area contributed by atoms with Crippen molar-refractivity contribution in [3.8, 4) is 0 Å². The maximum Gasteiger partial charge on any atom is 0.272 e. The Morgan fingerprint density at radius 2 is 1.55 bits per heavy atom. The van der Waals surface area contributed by atoms with Crippen molar-refractivity contribution in [1.29, 1.82) is 0 Å². The first-order valence-corrected chi connectivity index (χ1v) is 10.3. The van der Waals surface area contributed by atoms with Gasteiger partial charge in [0, 0.05) is 19.6 Å². The topological polar surface area (TPSA) is 45.2 Å². The Bertz CT molecular complexity index is 902. The number of pyridine rings is 1. The van der Waals surface area contributed by atoms with Gasteiger partial charge >= 0.3 is 0 Å². The van der Waals surface area contributed by atoms with E-state index in [1.165, 1.54) is 11.1 Å². The molecule has 1 aromatic heterocycles. The first-order chi connectivity index (χ1) is 14.3. The predicted molar refractivity (Wildman–Crippen MR) is 117 cm³/mol. The van der Waals surface area contributed by atoms with Crippen molar-refractivity contribution in [2.45, 2.75) is 25.8 Å². The van der Waals surface area contributed by atoms with Crippen LogP contribution in [0.5, 0.6) is 0 Å². The van der Waals surface area contributed by atoms with E-state index in [9.17, 15) is 4.79 Å². The van der Waals surface area contributed by atoms with E-state index in [4.69, 9.17) is 0 Å². The van der Waals surface area contributed by atoms with Crippen molar-refractivity contribution in [1.82, 2.24) is 9.88 Å². The van der Waals surface area contributed by atoms with Gasteiger partial charge in [0.05, 0.1) is 11.9 Å². The van der Waals surface area contributed by atoms with Crippen molar-refractivity contribution < 1.29 is 4.79 Å². The molecule has 4 rings (SSSR count). The molecule has 0 saturated carbocycles. The molecule has 1 aliphatic rings. The molecule has 1 N–H and O–H groups in total. The van der Waals surface area contributed by atoms with Gasteiger partial charge in [-0.2, -0.15) is 0 Å². The van der Waals surface area contributed by atoms with Crippen molar-refractivity contribution in [2.24, 2.45) is 5.92 Å². The standard InChI is InChI=1S/C25H27N3O/c29-25(28-15-13-21(14-16-28)17-20-7-3-1-4-8-20)24-12-11-23(19-27-24)26-18-22-9-5-2-6-10-22/h1-12,19,21,26H,13-18H2. The maximum absolute atomic E-state index is 12.8. The molecule has 1 saturated heterocycles. The van der Waals surface area contributed by atoms with Crippen LogP contribution in [-0.2, 0) is 13.0 Å². The Morgan fingerprint density at radius 1 is 0.897 bits per heavy atom. The molecule has 4 heteroatoms. The van der Waals surface area contributed by atoms with E-state index >= 15 is 0 Å². The summed E-state index contributed by atoms with van der Waals surface area (Å²) in [6.45, 7) is 2.36. The molecular weight excluding hydrogens is 358 g/mol. The van der Waals surface area contributed by atoms with E-state index in [0.29, 0.717) is 11.6 Å². The fourth-order valence-electron chi connectivity index (χ4n) is 3.87. The molecule has 0 atom stereocenters. The zero-order chi connectivity index (χ0) is 19.9. The monoisotopic (exact) mass is 385 g/mol. The highest BCUT2D eigenvalue weighted by atomic mass is 16.2. The SMILES string of the molecule is O=C(c1ccc(NCc2ccccc2)cn1)N1CCC(Cc2ccccc2)CC1. The number of piperidine rings is 1. The zero-order valence-electron chi connectivity index (χ0n) is 16.6. The van der Waals surface area contributed by atoms with Gasteiger partial charge in [0.2, 0.25) is 0 Å². The molecule has 1 fully saturated rings. The number of carbonyl (C=O) groups is 1. The third-order valence-corrected chi connectivity index (χ3v) is 5.59. The summed E-state index contributed by atoms with van der Waals surface area (Å²) in [6.07, 6.45) is 4.95. The summed E-state index contributed by atoms with van der Waals surface area (Å²) in [5.74, 6) is 0.691. The number of nitrogens with zero attached hydrogens (tertiary/aromatic N) is 2. The molecule has 0 unspecified atom stereocenters. The number of likely N-dealkylation sites (tertiary alicyclic amines) is 1. The van der Waals surface area contributed by atoms with Crippen LogP contribution in [-0.4, -0.2) is 28.9 Å². The van der Waals surface area contributed by atoms with E-state index < -0.39 is 0 Å². The number of nitrogens with one attached hydrogen (secondary N) is 1. The Labute approximate surface area is 172 Å². The lowest BCUT2D eigenvalue weighted by Crippen LogP contribution is -2.39. The average molecular weight is 386 g/mol. The summed E-state index contributed by atoms with van der Waals surface area (Å²) in [6, 6.07) is 24.6. The lowest BCUT2D eigenvalue weighted by molar-refractivity contribution is 0.0684. The number of anilines is 1. The van der Waals surface area contributed by atoms with Crippen LogP contribution in [0, 0.1) is 5.92 Å². The smallest absolute Gasteiger partial charge is 0.272 e. The van der Waals surface area contributed by atoms with E-state index in [1.54, 1.807) is 6.20 Å². The second-order valence-corrected chi connectivity index (χ2v) is 7.70. The number of aromatic nitrogens is 1. The fourth-order valence-corrected chi connectivity index (χ4v) is 3.87. The van der Waals surface area contributed by atoms with Crippen LogP contribution in [0.2, 0.25) is 0 Å². The van der Waals surface area contributed by atoms with Crippen molar-refractivity contribution in [2.75, 3.05) is 18.4 Å². The van der Waals surface area contributed by atoms with Gasteiger partial charge in [0.1, 0.15) is 5.69 Å². The first kappa shape index (κ1) is 19.2. The highest BCUT2D eigenvalue weighted by Crippen LogP contribution is 2.23. The van der Waals surface area contributed by atoms with Gasteiger partial charge in [-0.15, -0.1) is 0 Å². The summed E-state index contributed by atoms with van der Waals surface area (Å²) >= 11 is 0. The molecule has 1 amide bonds. The predicted octanol–water partition coefficient (Wildman–Crippen LogP) is 4.79. The van der Waals surface area contributed by atoms with Gasteiger partial charge < -0.3 is 10.2 Å². The summed E-state index contributed by atoms with van der Waals surface area (Å²) in [4.78, 5) is 19.1. The molecule has 0 radical (unpaired) electrons. The Hall–Kier alpha value is -3.14. The second-order valence-electron chi connectivity index (χ2n) is 7.70. The lowest BCUT2D eigenvalue weighted by Gasteiger charge is -2.32. The van der Waals surface area contributed by atoms with Crippen LogP contribution in [0.25, 0.3) is 0 Å². The van der Waals surface area contributed by atoms with Crippen LogP contribution in [0.4, 0.5) is 5.69 Å². The molecule has 0 spiro atoms. The molecule has 4 nitrogen and oxygen atoms in total. The maximum atomic E-state index is 12.8. The van der Waals surface area contributed by atoms with Crippen molar-refractivity contribution >= 4 is 11.6 Å². The van der Waals surface area contributed by atoms with E-state index in [0.717, 1.165) is 44.6 Å². The molecule has 148 valence electrons. The van der Waals surface area contributed by atoms with Crippen LogP contribution < -0.4 is 5.32 Å². The number of hydrogen-bond donors (Lipinski definition) is 1. The van der Waals surface area contributed by atoms with Gasteiger partial charge in [0.25, 0.3) is 5.91 Å². The molecule has 0 bridgehead atoms. The molecule has 0 aliphatic carbocycles. The quantitative estimate of drug-likeness (QED) is 0.664. The summed E-state index contributed by atoms with van der Waals surface area (Å²) in [7, 11) is 0. The number of carbonyl (C=O) groups excluding carboxylic acids is 1. The lowest BCUT2D eigenvalue weighted by atomic mass is 9.90. The van der Waals surface area contributed by atoms with Crippen LogP contribution >= 0.6 is 0 Å². The molecule has 1 aliphatic heterocycles. The average Bonchev–Trinajstić information content (AvgIpc) is 2.79. The van der Waals surface area contributed by atoms with E-state index in [-0.39, 0.29) is 5.91 Å². The molecule has 3 aromatic rings. The first-order valence-electron chi connectivity index (χ1n) is 10.3. The van der Waals surface area contributed by atoms with E-state index in [1.807, 2.05) is 35.2 Å². The molecular formula is C25H27N3O. The van der Waals surface area contributed by atoms with Crippen LogP contribution in [0.3, 0.4) is 0 Å². The highest BCUT2D eigenvalue weighted by molar-refractivity contribution is 5.92. The largest absolute Gasteiger partial charge is 0.380 e. The minimum absolute atomic E-state index is 0.0396. The summed E-state index contributed by atoms with van der Waals surface area (Å²) in [5, 5.41) is 3.35. The Balaban J connectivity index is 1.27. The van der Waals surface area contributed by atoms with Crippen molar-refractivity contribution in [3.63, 3.8) is 0 Å². The summed E-state index contributed by atoms with van der Waals surface area (Å²) < 4.78 is 0. The second kappa shape index (κ2) is 9.37. The number of hydrogen-bond acceptors (Lipinski definition) is 3. The van der Waals surface area contributed by atoms with Gasteiger partial charge in [0.15, 0.2) is 0 Å². The highest BCUT2D eigenvalue weighted by Gasteiger charge is 2.24. The van der Waals surface area contributed by atoms with Crippen molar-refractivity contribution in [3.05, 3.63) is 95.8 Å². The molecule has 2 heterocycles. The Kier molecular flexibility index (Phi) is 6.20. The Morgan fingerprint density at radius 3 is 2.17 bits per heavy atom. The van der Waals surface area contributed by atoms with E-state index in [2.05, 4.69) is 52.8 Å². The molecule has 29 heavy (non-hydrogen) atoms. The van der Waals surface area contributed by atoms with Gasteiger partial charge in [-0.25, -0.2) is 4.98 Å². The van der Waals surface area contributed by atoms with Crippen LogP contribution in [0.1, 0.15) is 34.5 Å². The minimum Gasteiger partial charge on any atom is -0.380 e. The number of rotatable bonds is 6. The molecule has 2 aromatic carbocycles. The third-order valence-electron chi connectivity index (χ3n) is 5.59. The van der Waals surface area contributed by atoms with Crippen LogP contribution in [0.15, 0.2) is 79.0 Å². The van der Waals surface area contributed by atoms with Gasteiger partial charge in [-0.1, -0.05) is 60.7 Å². The fraction of sp³-hybridized carbons (Fsp3) is 0.280. The van der Waals surface area contributed by atoms with Gasteiger partial charge in [-0.3, -0.25) is 4.79 Å².